The van der Waals surface area contributed by atoms with Gasteiger partial charge < -0.3 is 14.2 Å². The average Bonchev–Trinajstić information content (AvgIpc) is 2.37. The lowest BCUT2D eigenvalue weighted by molar-refractivity contribution is 0.139. The number of halogens is 3. The molecule has 0 atom stereocenters. The first kappa shape index (κ1) is 14.2. The molecule has 0 saturated carbocycles. The third-order valence-electron chi connectivity index (χ3n) is 2.01. The molecule has 99 valence electrons. The summed E-state index contributed by atoms with van der Waals surface area (Å²) in [5.74, 6) is -0.329. The van der Waals surface area contributed by atoms with Crippen LogP contribution in [0.2, 0.25) is 0 Å². The number of rotatable bonds is 7. The zero-order chi connectivity index (χ0) is 13.4. The molecule has 0 aromatic heterocycles. The standard InChI is InChI=1S/C12H12F3O3/c1-2-3-9-4-5-10(16-6-13)12(18-8-15)11(9)17-7-14/h2-5H,1,6-8H2/b3-2+. The fourth-order valence-electron chi connectivity index (χ4n) is 1.39. The van der Waals surface area contributed by atoms with Crippen LogP contribution in [0.15, 0.2) is 18.2 Å². The molecule has 0 aliphatic rings. The van der Waals surface area contributed by atoms with Crippen LogP contribution in [0.5, 0.6) is 17.2 Å². The minimum atomic E-state index is -1.18. The highest BCUT2D eigenvalue weighted by molar-refractivity contribution is 5.66. The molecule has 3 nitrogen and oxygen atoms in total. The largest absolute Gasteiger partial charge is 0.459 e. The van der Waals surface area contributed by atoms with Gasteiger partial charge in [0.2, 0.25) is 26.3 Å². The van der Waals surface area contributed by atoms with E-state index in [0.717, 1.165) is 0 Å². The van der Waals surface area contributed by atoms with Gasteiger partial charge in [-0.2, -0.15) is 0 Å². The Hall–Kier alpha value is -1.85. The molecule has 0 heterocycles. The summed E-state index contributed by atoms with van der Waals surface area (Å²) in [4.78, 5) is 0. The predicted molar refractivity (Wildman–Crippen MR) is 60.6 cm³/mol. The highest BCUT2D eigenvalue weighted by atomic mass is 19.1. The van der Waals surface area contributed by atoms with Gasteiger partial charge in [0.25, 0.3) is 0 Å². The van der Waals surface area contributed by atoms with Crippen molar-refractivity contribution in [1.82, 2.24) is 0 Å². The number of ether oxygens (including phenoxy) is 3. The molecular weight excluding hydrogens is 249 g/mol. The summed E-state index contributed by atoms with van der Waals surface area (Å²) >= 11 is 0. The minimum Gasteiger partial charge on any atom is -0.459 e. The van der Waals surface area contributed by atoms with Gasteiger partial charge in [0, 0.05) is 5.56 Å². The lowest BCUT2D eigenvalue weighted by Crippen LogP contribution is -2.02. The lowest BCUT2D eigenvalue weighted by Gasteiger charge is -2.15. The van der Waals surface area contributed by atoms with E-state index in [9.17, 15) is 13.2 Å². The number of allylic oxidation sites excluding steroid dienone is 1. The molecule has 1 radical (unpaired) electrons. The van der Waals surface area contributed by atoms with E-state index < -0.39 is 20.6 Å². The fraction of sp³-hybridized carbons (Fsp3) is 0.250. The van der Waals surface area contributed by atoms with Crippen molar-refractivity contribution in [2.45, 2.75) is 0 Å². The molecule has 0 fully saturated rings. The summed E-state index contributed by atoms with van der Waals surface area (Å²) in [6.45, 7) is 0.0409. The first-order valence-electron chi connectivity index (χ1n) is 4.97. The van der Waals surface area contributed by atoms with E-state index in [1.165, 1.54) is 24.3 Å². The van der Waals surface area contributed by atoms with E-state index in [0.29, 0.717) is 5.56 Å². The highest BCUT2D eigenvalue weighted by Gasteiger charge is 2.16. The topological polar surface area (TPSA) is 27.7 Å². The molecule has 0 amide bonds. The second-order valence-corrected chi connectivity index (χ2v) is 2.97. The third kappa shape index (κ3) is 3.32. The highest BCUT2D eigenvalue weighted by Crippen LogP contribution is 2.41. The zero-order valence-corrected chi connectivity index (χ0v) is 9.50. The zero-order valence-electron chi connectivity index (χ0n) is 9.50. The van der Waals surface area contributed by atoms with Gasteiger partial charge in [-0.25, -0.2) is 13.2 Å². The van der Waals surface area contributed by atoms with Gasteiger partial charge >= 0.3 is 0 Å². The van der Waals surface area contributed by atoms with Crippen molar-refractivity contribution in [2.24, 2.45) is 0 Å². The Labute approximate surface area is 103 Å². The molecule has 1 aromatic rings. The Bertz CT molecular complexity index is 408. The molecule has 1 rings (SSSR count). The Balaban J connectivity index is 3.28. The quantitative estimate of drug-likeness (QED) is 0.752. The van der Waals surface area contributed by atoms with Crippen molar-refractivity contribution >= 4 is 6.08 Å². The molecule has 1 aromatic carbocycles. The van der Waals surface area contributed by atoms with Gasteiger partial charge in [-0.15, -0.1) is 0 Å². The first-order chi connectivity index (χ1) is 8.78. The van der Waals surface area contributed by atoms with Crippen LogP contribution < -0.4 is 14.2 Å². The van der Waals surface area contributed by atoms with E-state index in [2.05, 4.69) is 16.4 Å². The van der Waals surface area contributed by atoms with Crippen LogP contribution in [-0.4, -0.2) is 20.6 Å². The number of hydrogen-bond acceptors (Lipinski definition) is 3. The van der Waals surface area contributed by atoms with Crippen LogP contribution in [-0.2, 0) is 0 Å². The maximum absolute atomic E-state index is 12.3. The monoisotopic (exact) mass is 261 g/mol. The summed E-state index contributed by atoms with van der Waals surface area (Å²) in [5.41, 5.74) is 0.414. The normalized spacial score (nSPS) is 10.7. The SMILES string of the molecule is [CH2]/C=C/c1ccc(OCF)c(OCF)c1OCF. The molecule has 0 saturated heterocycles. The average molecular weight is 261 g/mol. The molecule has 0 unspecified atom stereocenters. The summed E-state index contributed by atoms with van der Waals surface area (Å²) in [7, 11) is 0. The van der Waals surface area contributed by atoms with Crippen LogP contribution in [0, 0.1) is 6.92 Å². The lowest BCUT2D eigenvalue weighted by atomic mass is 10.1. The molecular formula is C12H12F3O3. The Morgan fingerprint density at radius 1 is 0.944 bits per heavy atom. The van der Waals surface area contributed by atoms with E-state index in [1.807, 2.05) is 0 Å². The number of hydrogen-bond donors (Lipinski definition) is 0. The van der Waals surface area contributed by atoms with Crippen molar-refractivity contribution in [3.8, 4) is 17.2 Å². The van der Waals surface area contributed by atoms with Crippen molar-refractivity contribution in [3.63, 3.8) is 0 Å². The molecule has 18 heavy (non-hydrogen) atoms. The molecule has 0 aliphatic heterocycles. The summed E-state index contributed by atoms with van der Waals surface area (Å²) in [5, 5.41) is 0. The third-order valence-corrected chi connectivity index (χ3v) is 2.01. The van der Waals surface area contributed by atoms with Gasteiger partial charge in [0.05, 0.1) is 0 Å². The van der Waals surface area contributed by atoms with Gasteiger partial charge in [0.15, 0.2) is 11.5 Å². The van der Waals surface area contributed by atoms with E-state index in [1.54, 1.807) is 0 Å². The number of alkyl halides is 3. The van der Waals surface area contributed by atoms with Gasteiger partial charge in [-0.3, -0.25) is 0 Å². The van der Waals surface area contributed by atoms with Crippen LogP contribution in [0.3, 0.4) is 0 Å². The molecule has 0 bridgehead atoms. The van der Waals surface area contributed by atoms with Crippen molar-refractivity contribution in [1.29, 1.82) is 0 Å². The second kappa shape index (κ2) is 7.47. The molecule has 0 spiro atoms. The van der Waals surface area contributed by atoms with Crippen molar-refractivity contribution in [3.05, 3.63) is 30.7 Å². The second-order valence-electron chi connectivity index (χ2n) is 2.97. The van der Waals surface area contributed by atoms with E-state index in [-0.39, 0.29) is 17.2 Å². The molecule has 0 N–H and O–H groups in total. The Kier molecular flexibility index (Phi) is 5.90. The maximum atomic E-state index is 12.3. The summed E-state index contributed by atoms with van der Waals surface area (Å²) < 4.78 is 50.7. The van der Waals surface area contributed by atoms with Crippen LogP contribution in [0.1, 0.15) is 5.56 Å². The summed E-state index contributed by atoms with van der Waals surface area (Å²) in [6.07, 6.45) is 2.95. The van der Waals surface area contributed by atoms with Crippen LogP contribution >= 0.6 is 0 Å². The van der Waals surface area contributed by atoms with Crippen LogP contribution in [0.4, 0.5) is 13.2 Å². The van der Waals surface area contributed by atoms with Crippen LogP contribution in [0.25, 0.3) is 6.08 Å². The predicted octanol–water partition coefficient (Wildman–Crippen LogP) is 3.45. The molecule has 0 aliphatic carbocycles. The smallest absolute Gasteiger partial charge is 0.229 e. The first-order valence-corrected chi connectivity index (χ1v) is 4.97. The van der Waals surface area contributed by atoms with Crippen molar-refractivity contribution in [2.75, 3.05) is 20.6 Å². The van der Waals surface area contributed by atoms with Gasteiger partial charge in [-0.05, 0) is 19.1 Å². The Morgan fingerprint density at radius 2 is 1.56 bits per heavy atom. The fourth-order valence-corrected chi connectivity index (χ4v) is 1.39. The molecule has 6 heteroatoms. The minimum absolute atomic E-state index is 0.0685. The van der Waals surface area contributed by atoms with E-state index in [4.69, 9.17) is 4.74 Å². The Morgan fingerprint density at radius 3 is 2.11 bits per heavy atom. The van der Waals surface area contributed by atoms with Crippen molar-refractivity contribution < 1.29 is 27.4 Å². The van der Waals surface area contributed by atoms with E-state index >= 15 is 0 Å². The number of benzene rings is 1. The van der Waals surface area contributed by atoms with Gasteiger partial charge in [0.1, 0.15) is 0 Å². The maximum Gasteiger partial charge on any atom is 0.229 e. The van der Waals surface area contributed by atoms with Gasteiger partial charge in [-0.1, -0.05) is 12.2 Å². The summed E-state index contributed by atoms with van der Waals surface area (Å²) in [6, 6.07) is 2.85.